The maximum absolute atomic E-state index is 12.6. The fraction of sp³-hybridized carbons (Fsp3) is 0.321. The maximum Gasteiger partial charge on any atom is 0.333 e. The largest absolute Gasteiger partial charge is 0.480 e. The monoisotopic (exact) mass is 643 g/mol. The fourth-order valence-electron chi connectivity index (χ4n) is 5.03. The Morgan fingerprint density at radius 3 is 2.31 bits per heavy atom. The number of nitrogens with one attached hydrogen (secondary N) is 3. The van der Waals surface area contributed by atoms with Gasteiger partial charge in [0, 0.05) is 11.3 Å². The molecule has 8 N–H and O–H groups in total. The van der Waals surface area contributed by atoms with Gasteiger partial charge in [0.2, 0.25) is 5.95 Å². The zero-order valence-electron chi connectivity index (χ0n) is 24.4. The SMILES string of the molecule is CCCC(NC(=O)c1ccc(N2CN3c4c(nc(N)[nH]c4=O)NC[C@@]3(C(=O)O)C2)cc1)C(=O)O.Cc1ccc(S(=O)(=O)O)cc1. The number of aliphatic carboxylic acids is 2. The molecule has 0 radical (unpaired) electrons. The van der Waals surface area contributed by atoms with Gasteiger partial charge in [0.15, 0.2) is 11.4 Å². The Bertz CT molecular complexity index is 1760. The Labute approximate surface area is 257 Å². The fourth-order valence-corrected chi connectivity index (χ4v) is 5.51. The van der Waals surface area contributed by atoms with Gasteiger partial charge < -0.3 is 36.4 Å². The van der Waals surface area contributed by atoms with E-state index in [0.29, 0.717) is 18.5 Å². The number of carboxylic acids is 2. The van der Waals surface area contributed by atoms with Crippen molar-refractivity contribution in [1.82, 2.24) is 15.3 Å². The number of hydrogen-bond acceptors (Lipinski definition) is 11. The van der Waals surface area contributed by atoms with Crippen LogP contribution in [0.1, 0.15) is 35.7 Å². The summed E-state index contributed by atoms with van der Waals surface area (Å²) >= 11 is 0. The molecule has 16 nitrogen and oxygen atoms in total. The number of fused-ring (bicyclic) bond motifs is 3. The summed E-state index contributed by atoms with van der Waals surface area (Å²) in [5.41, 5.74) is 5.62. The minimum Gasteiger partial charge on any atom is -0.480 e. The molecule has 2 aliphatic heterocycles. The summed E-state index contributed by atoms with van der Waals surface area (Å²) in [6.07, 6.45) is 0.922. The first kappa shape index (κ1) is 32.7. The number of aryl methyl sites for hydroxylation is 1. The van der Waals surface area contributed by atoms with Crippen molar-refractivity contribution in [1.29, 1.82) is 0 Å². The molecule has 1 fully saturated rings. The molecule has 0 aliphatic carbocycles. The lowest BCUT2D eigenvalue weighted by molar-refractivity contribution is -0.142. The Morgan fingerprint density at radius 1 is 1.11 bits per heavy atom. The van der Waals surface area contributed by atoms with Crippen molar-refractivity contribution in [3.8, 4) is 0 Å². The zero-order valence-corrected chi connectivity index (χ0v) is 25.2. The first-order valence-corrected chi connectivity index (χ1v) is 15.2. The van der Waals surface area contributed by atoms with E-state index >= 15 is 0 Å². The van der Waals surface area contributed by atoms with E-state index in [1.807, 2.05) is 13.8 Å². The highest BCUT2D eigenvalue weighted by atomic mass is 32.2. The van der Waals surface area contributed by atoms with Crippen LogP contribution in [0.2, 0.25) is 0 Å². The zero-order chi connectivity index (χ0) is 33.1. The molecule has 1 amide bonds. The van der Waals surface area contributed by atoms with Crippen LogP contribution < -0.4 is 31.7 Å². The van der Waals surface area contributed by atoms with E-state index in [4.69, 9.17) is 10.3 Å². The quantitative estimate of drug-likeness (QED) is 0.170. The first-order chi connectivity index (χ1) is 21.2. The van der Waals surface area contributed by atoms with Gasteiger partial charge in [0.1, 0.15) is 11.7 Å². The van der Waals surface area contributed by atoms with Crippen molar-refractivity contribution in [3.05, 3.63) is 70.0 Å². The molecule has 1 aromatic heterocycles. The van der Waals surface area contributed by atoms with Crippen molar-refractivity contribution in [2.75, 3.05) is 40.6 Å². The lowest BCUT2D eigenvalue weighted by Crippen LogP contribution is -2.61. The minimum absolute atomic E-state index is 0.0101. The van der Waals surface area contributed by atoms with Gasteiger partial charge in [-0.05, 0) is 49.7 Å². The van der Waals surface area contributed by atoms with Crippen molar-refractivity contribution >= 4 is 51.1 Å². The number of aromatic amines is 1. The van der Waals surface area contributed by atoms with Gasteiger partial charge in [-0.25, -0.2) is 9.59 Å². The molecule has 17 heteroatoms. The van der Waals surface area contributed by atoms with Crippen LogP contribution in [0.4, 0.5) is 23.1 Å². The molecule has 5 rings (SSSR count). The molecule has 2 atom stereocenters. The average molecular weight is 644 g/mol. The van der Waals surface area contributed by atoms with Crippen molar-refractivity contribution in [3.63, 3.8) is 0 Å². The van der Waals surface area contributed by atoms with Crippen molar-refractivity contribution in [2.24, 2.45) is 0 Å². The average Bonchev–Trinajstić information content (AvgIpc) is 3.38. The molecule has 1 unspecified atom stereocenters. The minimum atomic E-state index is -4.02. The summed E-state index contributed by atoms with van der Waals surface area (Å²) < 4.78 is 29.6. The molecule has 240 valence electrons. The van der Waals surface area contributed by atoms with Gasteiger partial charge in [-0.1, -0.05) is 31.0 Å². The Kier molecular flexibility index (Phi) is 9.34. The summed E-state index contributed by atoms with van der Waals surface area (Å²) in [5, 5.41) is 24.7. The molecule has 45 heavy (non-hydrogen) atoms. The molecule has 2 aromatic carbocycles. The number of carbonyl (C=O) groups excluding carboxylic acids is 1. The van der Waals surface area contributed by atoms with Crippen LogP contribution in [-0.2, 0) is 19.7 Å². The number of anilines is 4. The van der Waals surface area contributed by atoms with E-state index in [1.54, 1.807) is 41.3 Å². The van der Waals surface area contributed by atoms with Gasteiger partial charge in [-0.3, -0.25) is 19.1 Å². The summed E-state index contributed by atoms with van der Waals surface area (Å²) in [7, 11) is -4.02. The number of nitrogens with zero attached hydrogens (tertiary/aromatic N) is 3. The number of amides is 1. The number of carboxylic acid groups (broad SMARTS) is 2. The lowest BCUT2D eigenvalue weighted by atomic mass is 9.96. The molecular weight excluding hydrogens is 610 g/mol. The smallest absolute Gasteiger partial charge is 0.333 e. The number of nitrogens with two attached hydrogens (primary N) is 1. The number of hydrogen-bond donors (Lipinski definition) is 7. The van der Waals surface area contributed by atoms with Crippen LogP contribution in [0, 0.1) is 6.92 Å². The second-order valence-corrected chi connectivity index (χ2v) is 12.0. The lowest BCUT2D eigenvalue weighted by Gasteiger charge is -2.38. The second-order valence-electron chi connectivity index (χ2n) is 10.6. The van der Waals surface area contributed by atoms with Crippen LogP contribution in [0.25, 0.3) is 0 Å². The molecular formula is C28H33N7O9S. The highest BCUT2D eigenvalue weighted by Crippen LogP contribution is 2.39. The Morgan fingerprint density at radius 2 is 1.76 bits per heavy atom. The molecule has 3 aromatic rings. The number of rotatable bonds is 8. The van der Waals surface area contributed by atoms with Crippen LogP contribution in [0.3, 0.4) is 0 Å². The van der Waals surface area contributed by atoms with Gasteiger partial charge in [-0.15, -0.1) is 0 Å². The summed E-state index contributed by atoms with van der Waals surface area (Å²) in [6, 6.07) is 11.4. The van der Waals surface area contributed by atoms with E-state index < -0.39 is 45.1 Å². The summed E-state index contributed by atoms with van der Waals surface area (Å²) in [4.78, 5) is 58.4. The number of carbonyl (C=O) groups is 3. The second kappa shape index (κ2) is 12.8. The van der Waals surface area contributed by atoms with Gasteiger partial charge in [-0.2, -0.15) is 13.4 Å². The van der Waals surface area contributed by atoms with E-state index in [1.165, 1.54) is 17.0 Å². The van der Waals surface area contributed by atoms with E-state index in [2.05, 4.69) is 20.6 Å². The summed E-state index contributed by atoms with van der Waals surface area (Å²) in [6.45, 7) is 3.85. The number of H-pyrrole nitrogens is 1. The number of aromatic nitrogens is 2. The third-order valence-electron chi connectivity index (χ3n) is 7.41. The van der Waals surface area contributed by atoms with Crippen LogP contribution in [0.15, 0.2) is 58.2 Å². The maximum atomic E-state index is 12.6. The number of benzene rings is 2. The van der Waals surface area contributed by atoms with Gasteiger partial charge >= 0.3 is 11.9 Å². The van der Waals surface area contributed by atoms with Crippen LogP contribution >= 0.6 is 0 Å². The first-order valence-electron chi connectivity index (χ1n) is 13.7. The van der Waals surface area contributed by atoms with E-state index in [0.717, 1.165) is 5.56 Å². The van der Waals surface area contributed by atoms with Crippen LogP contribution in [-0.4, -0.2) is 82.3 Å². The van der Waals surface area contributed by atoms with Crippen molar-refractivity contribution in [2.45, 2.75) is 43.2 Å². The highest BCUT2D eigenvalue weighted by Gasteiger charge is 2.55. The topological polar surface area (TPSA) is 248 Å². The predicted molar refractivity (Wildman–Crippen MR) is 164 cm³/mol. The molecule has 0 spiro atoms. The third kappa shape index (κ3) is 6.99. The highest BCUT2D eigenvalue weighted by molar-refractivity contribution is 7.85. The standard InChI is InChI=1S/C21H25N7O6.C7H8O3S/c1-2-3-13(18(31)32)24-16(29)11-4-6-12(7-5-11)27-9-21(19(33)34)8-23-15-14(28(21)10-27)17(30)26-20(22)25-15;1-6-2-4-7(5-3-6)11(8,9)10/h4-7,13H,2-3,8-10H2,1H3,(H,24,29)(H,31,32)(H,33,34)(H4,22,23,25,26,30);2-5H,1H3,(H,8,9,10)/t13?,21-;/m0./s1. The Balaban J connectivity index is 0.000000354. The summed E-state index contributed by atoms with van der Waals surface area (Å²) in [5.74, 6) is -2.57. The molecule has 3 heterocycles. The van der Waals surface area contributed by atoms with E-state index in [9.17, 15) is 37.8 Å². The molecule has 0 saturated carbocycles. The van der Waals surface area contributed by atoms with Crippen molar-refractivity contribution < 1.29 is 37.6 Å². The van der Waals surface area contributed by atoms with E-state index in [-0.39, 0.29) is 47.7 Å². The Hall–Kier alpha value is -5.16. The van der Waals surface area contributed by atoms with Gasteiger partial charge in [0.25, 0.3) is 21.6 Å². The normalized spacial score (nSPS) is 17.6. The number of nitrogen functional groups attached to an aromatic ring is 1. The van der Waals surface area contributed by atoms with Crippen LogP contribution in [0.5, 0.6) is 0 Å². The predicted octanol–water partition coefficient (Wildman–Crippen LogP) is 1.11. The molecule has 2 aliphatic rings. The van der Waals surface area contributed by atoms with Gasteiger partial charge in [0.05, 0.1) is 24.7 Å². The molecule has 1 saturated heterocycles. The molecule has 0 bridgehead atoms. The third-order valence-corrected chi connectivity index (χ3v) is 8.27.